The van der Waals surface area contributed by atoms with Crippen molar-refractivity contribution in [2.75, 3.05) is 26.7 Å². The van der Waals surface area contributed by atoms with E-state index in [1.807, 2.05) is 6.92 Å². The summed E-state index contributed by atoms with van der Waals surface area (Å²) in [5.74, 6) is 0.817. The summed E-state index contributed by atoms with van der Waals surface area (Å²) >= 11 is 3.40. The third-order valence-electron chi connectivity index (χ3n) is 4.00. The molecule has 1 fully saturated rings. The molecule has 0 saturated carbocycles. The van der Waals surface area contributed by atoms with E-state index in [-0.39, 0.29) is 5.78 Å². The molecular weight excluding hydrogens is 334 g/mol. The average molecular weight is 356 g/mol. The van der Waals surface area contributed by atoms with Crippen LogP contribution in [0.5, 0.6) is 5.75 Å². The van der Waals surface area contributed by atoms with Crippen molar-refractivity contribution in [1.82, 2.24) is 4.90 Å². The van der Waals surface area contributed by atoms with Crippen molar-refractivity contribution in [2.45, 2.75) is 31.8 Å². The molecule has 2 rings (SSSR count). The lowest BCUT2D eigenvalue weighted by Gasteiger charge is -2.22. The second kappa shape index (κ2) is 6.90. The highest BCUT2D eigenvalue weighted by Crippen LogP contribution is 2.26. The van der Waals surface area contributed by atoms with Crippen LogP contribution in [0.4, 0.5) is 0 Å². The molecule has 0 amide bonds. The van der Waals surface area contributed by atoms with Crippen molar-refractivity contribution in [3.63, 3.8) is 0 Å². The first-order valence-corrected chi connectivity index (χ1v) is 8.02. The fourth-order valence-corrected chi connectivity index (χ4v) is 3.15. The third kappa shape index (κ3) is 4.53. The Balaban J connectivity index is 1.99. The molecule has 0 aromatic heterocycles. The smallest absolute Gasteiger partial charge is 0.176 e. The van der Waals surface area contributed by atoms with Crippen molar-refractivity contribution in [3.05, 3.63) is 28.2 Å². The predicted molar refractivity (Wildman–Crippen MR) is 85.9 cm³/mol. The molecule has 0 radical (unpaired) electrons. The molecular formula is C16H22BrNO3. The topological polar surface area (TPSA) is 49.8 Å². The van der Waals surface area contributed by atoms with Crippen molar-refractivity contribution in [3.8, 4) is 5.75 Å². The Morgan fingerprint density at radius 1 is 1.43 bits per heavy atom. The SMILES string of the molecule is COc1ccc(C(=O)CN2CCCC(C)(O)CC2)cc1Br. The van der Waals surface area contributed by atoms with Gasteiger partial charge in [0.1, 0.15) is 5.75 Å². The van der Waals surface area contributed by atoms with Gasteiger partial charge < -0.3 is 9.84 Å². The van der Waals surface area contributed by atoms with Gasteiger partial charge in [-0.3, -0.25) is 9.69 Å². The summed E-state index contributed by atoms with van der Waals surface area (Å²) in [5.41, 5.74) is 0.0830. The van der Waals surface area contributed by atoms with Crippen LogP contribution in [0.15, 0.2) is 22.7 Å². The summed E-state index contributed by atoms with van der Waals surface area (Å²) in [5, 5.41) is 10.1. The van der Waals surface area contributed by atoms with Gasteiger partial charge in [-0.05, 0) is 66.9 Å². The number of likely N-dealkylation sites (tertiary alicyclic amines) is 1. The number of hydrogen-bond donors (Lipinski definition) is 1. The fourth-order valence-electron chi connectivity index (χ4n) is 2.61. The lowest BCUT2D eigenvalue weighted by molar-refractivity contribution is 0.0444. The molecule has 1 aromatic carbocycles. The summed E-state index contributed by atoms with van der Waals surface area (Å²) in [6.07, 6.45) is 2.44. The molecule has 1 aromatic rings. The molecule has 1 atom stereocenters. The number of benzene rings is 1. The molecule has 1 unspecified atom stereocenters. The number of nitrogens with zero attached hydrogens (tertiary/aromatic N) is 1. The minimum atomic E-state index is -0.596. The van der Waals surface area contributed by atoms with Crippen LogP contribution in [0.3, 0.4) is 0 Å². The average Bonchev–Trinajstić information content (AvgIpc) is 2.60. The largest absolute Gasteiger partial charge is 0.496 e. The molecule has 1 aliphatic rings. The van der Waals surface area contributed by atoms with Gasteiger partial charge >= 0.3 is 0 Å². The number of Topliss-reactive ketones (excluding diaryl/α,β-unsaturated/α-hetero) is 1. The van der Waals surface area contributed by atoms with E-state index in [1.165, 1.54) is 0 Å². The van der Waals surface area contributed by atoms with Gasteiger partial charge in [0.2, 0.25) is 0 Å². The second-order valence-electron chi connectivity index (χ2n) is 5.90. The van der Waals surface area contributed by atoms with Gasteiger partial charge in [0, 0.05) is 12.1 Å². The minimum absolute atomic E-state index is 0.0971. The van der Waals surface area contributed by atoms with Crippen LogP contribution in [0.1, 0.15) is 36.5 Å². The molecule has 4 nitrogen and oxygen atoms in total. The van der Waals surface area contributed by atoms with E-state index in [0.29, 0.717) is 18.5 Å². The zero-order valence-electron chi connectivity index (χ0n) is 12.6. The monoisotopic (exact) mass is 355 g/mol. The maximum Gasteiger partial charge on any atom is 0.176 e. The highest BCUT2D eigenvalue weighted by atomic mass is 79.9. The van der Waals surface area contributed by atoms with Gasteiger partial charge in [-0.2, -0.15) is 0 Å². The zero-order chi connectivity index (χ0) is 15.5. The van der Waals surface area contributed by atoms with Gasteiger partial charge in [0.25, 0.3) is 0 Å². The molecule has 5 heteroatoms. The highest BCUT2D eigenvalue weighted by molar-refractivity contribution is 9.10. The second-order valence-corrected chi connectivity index (χ2v) is 6.75. The van der Waals surface area contributed by atoms with E-state index in [1.54, 1.807) is 25.3 Å². The normalized spacial score (nSPS) is 23.6. The van der Waals surface area contributed by atoms with Crippen molar-refractivity contribution >= 4 is 21.7 Å². The van der Waals surface area contributed by atoms with Gasteiger partial charge in [-0.1, -0.05) is 0 Å². The molecule has 0 bridgehead atoms. The number of carbonyl (C=O) groups is 1. The lowest BCUT2D eigenvalue weighted by atomic mass is 9.98. The first-order chi connectivity index (χ1) is 9.91. The number of carbonyl (C=O) groups excluding carboxylic acids is 1. The van der Waals surface area contributed by atoms with E-state index in [0.717, 1.165) is 36.2 Å². The van der Waals surface area contributed by atoms with E-state index in [2.05, 4.69) is 20.8 Å². The Bertz CT molecular complexity index is 516. The molecule has 1 saturated heterocycles. The predicted octanol–water partition coefficient (Wildman–Crippen LogP) is 2.88. The molecule has 1 aliphatic heterocycles. The van der Waals surface area contributed by atoms with Crippen LogP contribution in [0, 0.1) is 0 Å². The van der Waals surface area contributed by atoms with Crippen molar-refractivity contribution < 1.29 is 14.6 Å². The number of ether oxygens (including phenoxy) is 1. The maximum absolute atomic E-state index is 12.4. The van der Waals surface area contributed by atoms with Crippen LogP contribution in [0.2, 0.25) is 0 Å². The van der Waals surface area contributed by atoms with Crippen LogP contribution in [-0.4, -0.2) is 48.1 Å². The zero-order valence-corrected chi connectivity index (χ0v) is 14.1. The van der Waals surface area contributed by atoms with Gasteiger partial charge in [0.05, 0.1) is 23.7 Å². The first kappa shape index (κ1) is 16.5. The van der Waals surface area contributed by atoms with Crippen molar-refractivity contribution in [2.24, 2.45) is 0 Å². The number of hydrogen-bond acceptors (Lipinski definition) is 4. The van der Waals surface area contributed by atoms with Crippen LogP contribution in [0.25, 0.3) is 0 Å². The Morgan fingerprint density at radius 3 is 2.86 bits per heavy atom. The van der Waals surface area contributed by atoms with Crippen LogP contribution < -0.4 is 4.74 Å². The number of halogens is 1. The molecule has 0 aliphatic carbocycles. The summed E-state index contributed by atoms with van der Waals surface area (Å²) in [7, 11) is 1.60. The van der Waals surface area contributed by atoms with Crippen molar-refractivity contribution in [1.29, 1.82) is 0 Å². The number of methoxy groups -OCH3 is 1. The van der Waals surface area contributed by atoms with E-state index >= 15 is 0 Å². The summed E-state index contributed by atoms with van der Waals surface area (Å²) in [6.45, 7) is 3.89. The summed E-state index contributed by atoms with van der Waals surface area (Å²) < 4.78 is 5.96. The summed E-state index contributed by atoms with van der Waals surface area (Å²) in [4.78, 5) is 14.5. The highest BCUT2D eigenvalue weighted by Gasteiger charge is 2.25. The van der Waals surface area contributed by atoms with E-state index in [9.17, 15) is 9.90 Å². The quantitative estimate of drug-likeness (QED) is 0.843. The van der Waals surface area contributed by atoms with Crippen LogP contribution >= 0.6 is 15.9 Å². The first-order valence-electron chi connectivity index (χ1n) is 7.23. The Kier molecular flexibility index (Phi) is 5.41. The molecule has 21 heavy (non-hydrogen) atoms. The third-order valence-corrected chi connectivity index (χ3v) is 4.62. The van der Waals surface area contributed by atoms with Gasteiger partial charge in [0.15, 0.2) is 5.78 Å². The standard InChI is InChI=1S/C16H22BrNO3/c1-16(20)6-3-8-18(9-7-16)11-14(19)12-4-5-15(21-2)13(17)10-12/h4-5,10,20H,3,6-9,11H2,1-2H3. The fraction of sp³-hybridized carbons (Fsp3) is 0.562. The van der Waals surface area contributed by atoms with E-state index in [4.69, 9.17) is 4.74 Å². The Hall–Kier alpha value is -0.910. The minimum Gasteiger partial charge on any atom is -0.496 e. The number of aliphatic hydroxyl groups is 1. The van der Waals surface area contributed by atoms with Gasteiger partial charge in [-0.25, -0.2) is 0 Å². The van der Waals surface area contributed by atoms with E-state index < -0.39 is 5.60 Å². The molecule has 1 N–H and O–H groups in total. The number of ketones is 1. The Morgan fingerprint density at radius 2 is 2.19 bits per heavy atom. The maximum atomic E-state index is 12.4. The Labute approximate surface area is 134 Å². The molecule has 1 heterocycles. The van der Waals surface area contributed by atoms with Crippen LogP contribution in [-0.2, 0) is 0 Å². The molecule has 0 spiro atoms. The number of rotatable bonds is 4. The summed E-state index contributed by atoms with van der Waals surface area (Å²) in [6, 6.07) is 5.39. The molecule has 116 valence electrons. The lowest BCUT2D eigenvalue weighted by Crippen LogP contribution is -2.32. The van der Waals surface area contributed by atoms with Gasteiger partial charge in [-0.15, -0.1) is 0 Å².